The van der Waals surface area contributed by atoms with Crippen LogP contribution >= 0.6 is 11.8 Å². The lowest BCUT2D eigenvalue weighted by Gasteiger charge is -2.35. The molecule has 0 bridgehead atoms. The molecule has 1 aliphatic rings. The minimum absolute atomic E-state index is 0.570. The third-order valence-electron chi connectivity index (χ3n) is 4.00. The van der Waals surface area contributed by atoms with Crippen molar-refractivity contribution < 1.29 is 14.6 Å². The smallest absolute Gasteiger partial charge is 0.300 e. The zero-order valence-electron chi connectivity index (χ0n) is 16.6. The summed E-state index contributed by atoms with van der Waals surface area (Å²) in [6.45, 7) is 5.46. The molecule has 0 amide bonds. The highest BCUT2D eigenvalue weighted by atomic mass is 32.2. The molecule has 5 nitrogen and oxygen atoms in total. The Hall–Kier alpha value is -2.18. The molecular formula is C21H28N2O3S. The van der Waals surface area contributed by atoms with Crippen LogP contribution in [0, 0.1) is 5.92 Å². The molecule has 0 radical (unpaired) electrons. The molecule has 0 saturated heterocycles. The van der Waals surface area contributed by atoms with Crippen LogP contribution in [0.1, 0.15) is 13.8 Å². The van der Waals surface area contributed by atoms with Crippen molar-refractivity contribution in [2.24, 2.45) is 5.92 Å². The molecular weight excluding hydrogens is 360 g/mol. The van der Waals surface area contributed by atoms with Gasteiger partial charge in [-0.3, -0.25) is 4.79 Å². The summed E-state index contributed by atoms with van der Waals surface area (Å²) in [6.07, 6.45) is 0. The molecule has 2 aromatic carbocycles. The van der Waals surface area contributed by atoms with Crippen LogP contribution in [0.2, 0.25) is 0 Å². The first kappa shape index (κ1) is 21.1. The van der Waals surface area contributed by atoms with E-state index < -0.39 is 5.97 Å². The van der Waals surface area contributed by atoms with Gasteiger partial charge < -0.3 is 19.6 Å². The lowest BCUT2D eigenvalue weighted by Crippen LogP contribution is -2.31. The Morgan fingerprint density at radius 1 is 1.19 bits per heavy atom. The van der Waals surface area contributed by atoms with Gasteiger partial charge in [-0.1, -0.05) is 30.8 Å². The second-order valence-electron chi connectivity index (χ2n) is 6.90. The Labute approximate surface area is 165 Å². The number of rotatable bonds is 5. The number of anilines is 2. The van der Waals surface area contributed by atoms with E-state index in [1.165, 1.54) is 21.2 Å². The summed E-state index contributed by atoms with van der Waals surface area (Å²) in [5.41, 5.74) is 2.54. The first-order valence-electron chi connectivity index (χ1n) is 8.88. The summed E-state index contributed by atoms with van der Waals surface area (Å²) >= 11 is 1.84. The summed E-state index contributed by atoms with van der Waals surface area (Å²) in [5.74, 6) is 0.647. The first-order chi connectivity index (χ1) is 12.8. The zero-order valence-corrected chi connectivity index (χ0v) is 17.4. The number of benzene rings is 2. The molecule has 0 aliphatic carbocycles. The van der Waals surface area contributed by atoms with Crippen molar-refractivity contribution in [3.05, 3.63) is 42.5 Å². The molecule has 6 heteroatoms. The number of methoxy groups -OCH3 is 1. The van der Waals surface area contributed by atoms with E-state index >= 15 is 0 Å². The van der Waals surface area contributed by atoms with E-state index in [1.54, 1.807) is 7.11 Å². The van der Waals surface area contributed by atoms with Crippen LogP contribution in [0.4, 0.5) is 11.4 Å². The fourth-order valence-electron chi connectivity index (χ4n) is 3.13. The fraction of sp³-hybridized carbons (Fsp3) is 0.381. The van der Waals surface area contributed by atoms with Crippen molar-refractivity contribution in [1.29, 1.82) is 0 Å². The van der Waals surface area contributed by atoms with Gasteiger partial charge in [-0.05, 0) is 44.3 Å². The van der Waals surface area contributed by atoms with E-state index in [4.69, 9.17) is 14.6 Å². The van der Waals surface area contributed by atoms with Gasteiger partial charge in [0, 0.05) is 35.9 Å². The standard InChI is InChI=1S/C19H24N2OS.C2H4O2/c1-14(12-20(2)3)13-21-16-7-5-6-8-18(16)23-19-10-9-15(22-4)11-17(19)21;1-2(3)4/h5-11,14H,12-13H2,1-4H3;1H3,(H,3,4)/t14-;/m1./s1. The Balaban J connectivity index is 0.000000596. The fourth-order valence-corrected chi connectivity index (χ4v) is 4.20. The summed E-state index contributed by atoms with van der Waals surface area (Å²) < 4.78 is 5.44. The molecule has 0 spiro atoms. The highest BCUT2D eigenvalue weighted by Gasteiger charge is 2.25. The lowest BCUT2D eigenvalue weighted by atomic mass is 10.1. The van der Waals surface area contributed by atoms with E-state index in [2.05, 4.69) is 67.2 Å². The van der Waals surface area contributed by atoms with Gasteiger partial charge in [0.25, 0.3) is 5.97 Å². The highest BCUT2D eigenvalue weighted by Crippen LogP contribution is 2.49. The minimum Gasteiger partial charge on any atom is -0.497 e. The third-order valence-corrected chi connectivity index (χ3v) is 5.13. The Morgan fingerprint density at radius 3 is 2.44 bits per heavy atom. The van der Waals surface area contributed by atoms with Gasteiger partial charge in [-0.15, -0.1) is 0 Å². The van der Waals surface area contributed by atoms with E-state index in [-0.39, 0.29) is 0 Å². The van der Waals surface area contributed by atoms with Crippen LogP contribution in [0.5, 0.6) is 5.75 Å². The third kappa shape index (κ3) is 5.91. The monoisotopic (exact) mass is 388 g/mol. The maximum absolute atomic E-state index is 9.00. The molecule has 3 rings (SSSR count). The number of carbonyl (C=O) groups is 1. The van der Waals surface area contributed by atoms with Crippen molar-refractivity contribution in [3.63, 3.8) is 0 Å². The molecule has 0 unspecified atom stereocenters. The number of nitrogens with zero attached hydrogens (tertiary/aromatic N) is 2. The van der Waals surface area contributed by atoms with Gasteiger partial charge in [0.1, 0.15) is 5.75 Å². The predicted octanol–water partition coefficient (Wildman–Crippen LogP) is 4.59. The number of hydrogen-bond donors (Lipinski definition) is 1. The second-order valence-corrected chi connectivity index (χ2v) is 7.98. The quantitative estimate of drug-likeness (QED) is 0.809. The Bertz CT molecular complexity index is 776. The molecule has 27 heavy (non-hydrogen) atoms. The number of para-hydroxylation sites is 1. The van der Waals surface area contributed by atoms with E-state index in [1.807, 2.05) is 17.8 Å². The van der Waals surface area contributed by atoms with Crippen molar-refractivity contribution in [3.8, 4) is 5.75 Å². The number of ether oxygens (including phenoxy) is 1. The van der Waals surface area contributed by atoms with E-state index in [0.29, 0.717) is 5.92 Å². The molecule has 0 saturated carbocycles. The maximum atomic E-state index is 9.00. The minimum atomic E-state index is -0.833. The molecule has 1 aliphatic heterocycles. The van der Waals surface area contributed by atoms with Gasteiger partial charge in [0.15, 0.2) is 0 Å². The molecule has 0 fully saturated rings. The summed E-state index contributed by atoms with van der Waals surface area (Å²) in [4.78, 5) is 16.3. The van der Waals surface area contributed by atoms with Gasteiger partial charge >= 0.3 is 0 Å². The largest absolute Gasteiger partial charge is 0.497 e. The summed E-state index contributed by atoms with van der Waals surface area (Å²) in [7, 11) is 5.99. The highest BCUT2D eigenvalue weighted by molar-refractivity contribution is 7.99. The van der Waals surface area contributed by atoms with Crippen molar-refractivity contribution in [2.45, 2.75) is 23.6 Å². The van der Waals surface area contributed by atoms with Crippen LogP contribution < -0.4 is 9.64 Å². The van der Waals surface area contributed by atoms with E-state index in [9.17, 15) is 0 Å². The van der Waals surface area contributed by atoms with Crippen LogP contribution in [0.3, 0.4) is 0 Å². The first-order valence-corrected chi connectivity index (χ1v) is 9.70. The van der Waals surface area contributed by atoms with Crippen molar-refractivity contribution in [2.75, 3.05) is 39.2 Å². The number of aliphatic carboxylic acids is 1. The van der Waals surface area contributed by atoms with Crippen LogP contribution in [0.15, 0.2) is 52.3 Å². The average Bonchev–Trinajstić information content (AvgIpc) is 2.60. The van der Waals surface area contributed by atoms with Gasteiger partial charge in [-0.2, -0.15) is 0 Å². The normalized spacial score (nSPS) is 13.2. The van der Waals surface area contributed by atoms with Crippen molar-refractivity contribution in [1.82, 2.24) is 4.90 Å². The van der Waals surface area contributed by atoms with Gasteiger partial charge in [-0.25, -0.2) is 0 Å². The predicted molar refractivity (Wildman–Crippen MR) is 112 cm³/mol. The van der Waals surface area contributed by atoms with Gasteiger partial charge in [0.2, 0.25) is 0 Å². The number of fused-ring (bicyclic) bond motifs is 2. The average molecular weight is 389 g/mol. The summed E-state index contributed by atoms with van der Waals surface area (Å²) in [5, 5.41) is 7.42. The number of hydrogen-bond acceptors (Lipinski definition) is 5. The second kappa shape index (κ2) is 9.67. The van der Waals surface area contributed by atoms with E-state index in [0.717, 1.165) is 25.8 Å². The summed E-state index contributed by atoms with van der Waals surface area (Å²) in [6, 6.07) is 15.0. The number of carboxylic acids is 1. The molecule has 2 aromatic rings. The van der Waals surface area contributed by atoms with Crippen LogP contribution in [0.25, 0.3) is 0 Å². The maximum Gasteiger partial charge on any atom is 0.300 e. The molecule has 1 N–H and O–H groups in total. The topological polar surface area (TPSA) is 53.0 Å². The molecule has 0 aromatic heterocycles. The van der Waals surface area contributed by atoms with Crippen LogP contribution in [-0.4, -0.2) is 50.3 Å². The lowest BCUT2D eigenvalue weighted by molar-refractivity contribution is -0.134. The Morgan fingerprint density at radius 2 is 1.81 bits per heavy atom. The van der Waals surface area contributed by atoms with Gasteiger partial charge in [0.05, 0.1) is 18.5 Å². The molecule has 146 valence electrons. The Kier molecular flexibility index (Phi) is 7.56. The molecule has 1 heterocycles. The molecule has 1 atom stereocenters. The SMILES string of the molecule is CC(=O)O.COc1ccc2c(c1)N(C[C@H](C)CN(C)C)c1ccccc1S2. The zero-order chi connectivity index (χ0) is 20.0. The van der Waals surface area contributed by atoms with Crippen molar-refractivity contribution >= 4 is 29.1 Å². The van der Waals surface area contributed by atoms with Crippen LogP contribution in [-0.2, 0) is 4.79 Å². The number of carboxylic acid groups (broad SMARTS) is 1.